The number of allylic oxidation sites excluding steroid dienone is 2. The van der Waals surface area contributed by atoms with Crippen LogP contribution in [0, 0.1) is 23.7 Å². The van der Waals surface area contributed by atoms with Crippen molar-refractivity contribution in [2.45, 2.75) is 27.7 Å². The van der Waals surface area contributed by atoms with Crippen LogP contribution < -0.4 is 0 Å². The molecule has 0 saturated carbocycles. The van der Waals surface area contributed by atoms with Crippen LogP contribution in [-0.2, 0) is 0 Å². The van der Waals surface area contributed by atoms with Gasteiger partial charge in [-0.1, -0.05) is 158 Å². The molecule has 218 valence electrons. The molecular formula is C30H26S12. The number of benzene rings is 1. The van der Waals surface area contributed by atoms with E-state index in [1.807, 2.05) is 130 Å². The first-order valence-electron chi connectivity index (χ1n) is 13.0. The van der Waals surface area contributed by atoms with E-state index in [0.717, 1.165) is 43.9 Å². The van der Waals surface area contributed by atoms with Gasteiger partial charge in [0.05, 0.1) is 43.7 Å². The summed E-state index contributed by atoms with van der Waals surface area (Å²) in [5.41, 5.74) is 1.96. The van der Waals surface area contributed by atoms with Crippen molar-refractivity contribution in [3.63, 3.8) is 0 Å². The van der Waals surface area contributed by atoms with Gasteiger partial charge >= 0.3 is 0 Å². The molecule has 0 aliphatic carbocycles. The van der Waals surface area contributed by atoms with Gasteiger partial charge in [0.1, 0.15) is 0 Å². The Morgan fingerprint density at radius 1 is 0.476 bits per heavy atom. The van der Waals surface area contributed by atoms with Gasteiger partial charge in [0.25, 0.3) is 0 Å². The Morgan fingerprint density at radius 3 is 1.17 bits per heavy atom. The highest BCUT2D eigenvalue weighted by atomic mass is 32.3. The van der Waals surface area contributed by atoms with E-state index in [1.165, 1.54) is 33.9 Å². The Labute approximate surface area is 302 Å². The van der Waals surface area contributed by atoms with Gasteiger partial charge in [-0.2, -0.15) is 0 Å². The Bertz CT molecular complexity index is 1380. The standard InChI is InChI=1S/C30H26S12/c1-5-31-23-24(32-6-2)40-29(39-23)27-35-17-21(37-27)15-13-19-11-9-10-12-20(19)14-16-22-18-36-28(38-22)30-41-25(33-7-3)26(42-30)34-8-4/h9-12,17-18H,5-8H2,1-4H3. The monoisotopic (exact) mass is 770 g/mol. The van der Waals surface area contributed by atoms with Crippen LogP contribution in [-0.4, -0.2) is 23.0 Å². The molecule has 0 fully saturated rings. The lowest BCUT2D eigenvalue weighted by atomic mass is 10.1. The van der Waals surface area contributed by atoms with Crippen molar-refractivity contribution in [3.05, 3.63) is 89.9 Å². The molecule has 0 unspecified atom stereocenters. The summed E-state index contributed by atoms with van der Waals surface area (Å²) in [6.07, 6.45) is 0. The minimum absolute atomic E-state index is 0.982. The maximum Gasteiger partial charge on any atom is 0.0717 e. The summed E-state index contributed by atoms with van der Waals surface area (Å²) in [5.74, 6) is 18.1. The van der Waals surface area contributed by atoms with Crippen LogP contribution in [0.3, 0.4) is 0 Å². The van der Waals surface area contributed by atoms with E-state index >= 15 is 0 Å². The Hall–Kier alpha value is 0.980. The molecule has 4 heterocycles. The molecule has 1 aromatic rings. The quantitative estimate of drug-likeness (QED) is 0.231. The molecule has 0 aromatic heterocycles. The minimum Gasteiger partial charge on any atom is -0.118 e. The van der Waals surface area contributed by atoms with E-state index in [-0.39, 0.29) is 0 Å². The second kappa shape index (κ2) is 17.8. The summed E-state index contributed by atoms with van der Waals surface area (Å²) in [4.78, 5) is 2.21. The Kier molecular flexibility index (Phi) is 14.5. The highest BCUT2D eigenvalue weighted by Gasteiger charge is 2.28. The summed E-state index contributed by atoms with van der Waals surface area (Å²) in [6, 6.07) is 8.25. The number of rotatable bonds is 8. The zero-order valence-electron chi connectivity index (χ0n) is 23.2. The van der Waals surface area contributed by atoms with Crippen molar-refractivity contribution >= 4 is 141 Å². The average molecular weight is 771 g/mol. The second-order valence-electron chi connectivity index (χ2n) is 7.89. The molecule has 0 amide bonds. The van der Waals surface area contributed by atoms with Crippen molar-refractivity contribution in [2.75, 3.05) is 23.0 Å². The molecule has 42 heavy (non-hydrogen) atoms. The van der Waals surface area contributed by atoms with Crippen LogP contribution in [0.25, 0.3) is 0 Å². The zero-order valence-corrected chi connectivity index (χ0v) is 33.0. The number of hydrogen-bond donors (Lipinski definition) is 0. The van der Waals surface area contributed by atoms with E-state index < -0.39 is 0 Å². The van der Waals surface area contributed by atoms with Gasteiger partial charge in [0, 0.05) is 11.1 Å². The molecule has 0 N–H and O–H groups in total. The summed E-state index contributed by atoms with van der Waals surface area (Å²) in [7, 11) is 0. The second-order valence-corrected chi connectivity index (χ2v) is 23.0. The third kappa shape index (κ3) is 9.29. The molecule has 0 nitrogen and oxygen atoms in total. The lowest BCUT2D eigenvalue weighted by Gasteiger charge is -2.01. The fourth-order valence-corrected chi connectivity index (χ4v) is 19.4. The molecule has 0 saturated heterocycles. The Morgan fingerprint density at radius 2 is 0.833 bits per heavy atom. The van der Waals surface area contributed by atoms with Gasteiger partial charge in [-0.15, -0.1) is 47.0 Å². The molecule has 0 atom stereocenters. The molecule has 5 rings (SSSR count). The minimum atomic E-state index is 0.982. The van der Waals surface area contributed by atoms with Gasteiger partial charge in [0.2, 0.25) is 0 Å². The first kappa shape index (κ1) is 34.3. The largest absolute Gasteiger partial charge is 0.118 e. The van der Waals surface area contributed by atoms with Gasteiger partial charge < -0.3 is 0 Å². The molecule has 0 spiro atoms. The highest BCUT2D eigenvalue weighted by molar-refractivity contribution is 8.43. The van der Waals surface area contributed by atoms with Gasteiger partial charge in [0.15, 0.2) is 0 Å². The molecule has 1 aromatic carbocycles. The maximum atomic E-state index is 3.43. The number of thioether (sulfide) groups is 12. The highest BCUT2D eigenvalue weighted by Crippen LogP contribution is 2.63. The van der Waals surface area contributed by atoms with E-state index in [4.69, 9.17) is 0 Å². The summed E-state index contributed by atoms with van der Waals surface area (Å²) >= 11 is 22.8. The van der Waals surface area contributed by atoms with Crippen molar-refractivity contribution < 1.29 is 0 Å². The molecule has 0 radical (unpaired) electrons. The molecule has 0 bridgehead atoms. The fourth-order valence-electron chi connectivity index (χ4n) is 3.35. The van der Waals surface area contributed by atoms with E-state index in [2.05, 4.69) is 74.3 Å². The van der Waals surface area contributed by atoms with Crippen LogP contribution in [0.5, 0.6) is 0 Å². The lowest BCUT2D eigenvalue weighted by molar-refractivity contribution is 1.53. The average Bonchev–Trinajstić information content (AvgIpc) is 3.80. The molecule has 4 aliphatic rings. The van der Waals surface area contributed by atoms with Gasteiger partial charge in [-0.3, -0.25) is 0 Å². The van der Waals surface area contributed by atoms with E-state index in [9.17, 15) is 0 Å². The molecule has 4 aliphatic heterocycles. The van der Waals surface area contributed by atoms with Crippen LogP contribution in [0.2, 0.25) is 0 Å². The predicted molar refractivity (Wildman–Crippen MR) is 218 cm³/mol. The SMILES string of the molecule is CCSC1=C(SCC)SC(=C2SC=C(C#Cc3ccccc3C#CC3=CSC(=C4SC(SCC)=C(SCC)S4)S3)S2)S1. The Balaban J connectivity index is 1.22. The third-order valence-electron chi connectivity index (χ3n) is 5.03. The first-order valence-corrected chi connectivity index (χ1v) is 23.6. The summed E-state index contributed by atoms with van der Waals surface area (Å²) in [5, 5.41) is 4.39. The van der Waals surface area contributed by atoms with Crippen LogP contribution >= 0.6 is 141 Å². The maximum absolute atomic E-state index is 3.43. The van der Waals surface area contributed by atoms with E-state index in [0.29, 0.717) is 0 Å². The van der Waals surface area contributed by atoms with Crippen LogP contribution in [0.1, 0.15) is 38.8 Å². The van der Waals surface area contributed by atoms with Crippen molar-refractivity contribution in [3.8, 4) is 23.7 Å². The normalized spacial score (nSPS) is 18.5. The zero-order chi connectivity index (χ0) is 29.3. The smallest absolute Gasteiger partial charge is 0.0717 e. The van der Waals surface area contributed by atoms with Gasteiger partial charge in [-0.05, 0) is 46.0 Å². The predicted octanol–water partition coefficient (Wildman–Crippen LogP) is 13.5. The van der Waals surface area contributed by atoms with Crippen LogP contribution in [0.4, 0.5) is 0 Å². The summed E-state index contributed by atoms with van der Waals surface area (Å²) in [6.45, 7) is 8.92. The van der Waals surface area contributed by atoms with Crippen LogP contribution in [0.15, 0.2) is 78.8 Å². The molecular weight excluding hydrogens is 745 g/mol. The number of hydrogen-bond acceptors (Lipinski definition) is 12. The first-order chi connectivity index (χ1) is 20.6. The lowest BCUT2D eigenvalue weighted by Crippen LogP contribution is -1.82. The van der Waals surface area contributed by atoms with Crippen molar-refractivity contribution in [2.24, 2.45) is 0 Å². The van der Waals surface area contributed by atoms with E-state index in [1.54, 1.807) is 23.5 Å². The third-order valence-corrected chi connectivity index (χ3v) is 21.2. The topological polar surface area (TPSA) is 0 Å². The molecule has 12 heteroatoms. The van der Waals surface area contributed by atoms with Gasteiger partial charge in [-0.25, -0.2) is 0 Å². The fraction of sp³-hybridized carbons (Fsp3) is 0.267. The van der Waals surface area contributed by atoms with Crippen molar-refractivity contribution in [1.82, 2.24) is 0 Å². The summed E-state index contributed by atoms with van der Waals surface area (Å²) < 4.78 is 11.3. The van der Waals surface area contributed by atoms with Crippen molar-refractivity contribution in [1.29, 1.82) is 0 Å².